The maximum absolute atomic E-state index is 11.9. The quantitative estimate of drug-likeness (QED) is 0.641. The maximum Gasteiger partial charge on any atom is 0.281 e. The summed E-state index contributed by atoms with van der Waals surface area (Å²) in [4.78, 5) is 13.6. The van der Waals surface area contributed by atoms with Crippen molar-refractivity contribution in [3.63, 3.8) is 0 Å². The predicted molar refractivity (Wildman–Crippen MR) is 73.7 cm³/mol. The summed E-state index contributed by atoms with van der Waals surface area (Å²) in [6.07, 6.45) is 2.14. The van der Waals surface area contributed by atoms with Crippen LogP contribution in [0.2, 0.25) is 0 Å². The highest BCUT2D eigenvalue weighted by Gasteiger charge is 2.29. The van der Waals surface area contributed by atoms with E-state index in [-0.39, 0.29) is 5.91 Å². The summed E-state index contributed by atoms with van der Waals surface area (Å²) in [6, 6.07) is 0. The smallest absolute Gasteiger partial charge is 0.281 e. The van der Waals surface area contributed by atoms with E-state index in [2.05, 4.69) is 0 Å². The fourth-order valence-corrected chi connectivity index (χ4v) is 3.06. The third kappa shape index (κ3) is 4.41. The Kier molecular flexibility index (Phi) is 6.18. The molecule has 1 fully saturated rings. The minimum absolute atomic E-state index is 0.0929. The molecular weight excluding hydrogens is 268 g/mol. The van der Waals surface area contributed by atoms with Crippen molar-refractivity contribution < 1.29 is 13.2 Å². The van der Waals surface area contributed by atoms with E-state index < -0.39 is 10.2 Å². The maximum atomic E-state index is 11.9. The van der Waals surface area contributed by atoms with Crippen molar-refractivity contribution in [1.82, 2.24) is 13.5 Å². The lowest BCUT2D eigenvalue weighted by molar-refractivity contribution is -0.132. The van der Waals surface area contributed by atoms with Crippen molar-refractivity contribution in [2.45, 2.75) is 19.3 Å². The van der Waals surface area contributed by atoms with E-state index in [0.717, 1.165) is 12.8 Å². The van der Waals surface area contributed by atoms with Gasteiger partial charge < -0.3 is 10.6 Å². The minimum atomic E-state index is -3.36. The lowest BCUT2D eigenvalue weighted by Crippen LogP contribution is -2.53. The average molecular weight is 292 g/mol. The molecule has 0 aliphatic carbocycles. The fourth-order valence-electron chi connectivity index (χ4n) is 1.98. The van der Waals surface area contributed by atoms with Crippen LogP contribution in [0.3, 0.4) is 0 Å². The van der Waals surface area contributed by atoms with Crippen molar-refractivity contribution >= 4 is 16.1 Å². The molecule has 0 bridgehead atoms. The SMILES string of the molecule is CN(C)S(=O)(=O)N1CCN(C(=O)CCCCN)CC1. The number of hydrogen-bond acceptors (Lipinski definition) is 4. The Balaban J connectivity index is 2.43. The van der Waals surface area contributed by atoms with Crippen LogP contribution in [0.1, 0.15) is 19.3 Å². The van der Waals surface area contributed by atoms with Crippen LogP contribution >= 0.6 is 0 Å². The molecule has 8 heteroatoms. The first-order valence-electron chi connectivity index (χ1n) is 6.55. The van der Waals surface area contributed by atoms with Crippen molar-refractivity contribution in [2.75, 3.05) is 46.8 Å². The summed E-state index contributed by atoms with van der Waals surface area (Å²) in [5, 5.41) is 0. The van der Waals surface area contributed by atoms with Crippen LogP contribution in [-0.2, 0) is 15.0 Å². The summed E-state index contributed by atoms with van der Waals surface area (Å²) >= 11 is 0. The Bertz CT molecular complexity index is 389. The minimum Gasteiger partial charge on any atom is -0.340 e. The van der Waals surface area contributed by atoms with E-state index in [9.17, 15) is 13.2 Å². The Hall–Kier alpha value is -0.700. The molecule has 7 nitrogen and oxygen atoms in total. The molecular formula is C11H24N4O3S. The molecule has 1 amide bonds. The van der Waals surface area contributed by atoms with Gasteiger partial charge in [0.2, 0.25) is 5.91 Å². The first-order valence-corrected chi connectivity index (χ1v) is 7.94. The van der Waals surface area contributed by atoms with Crippen LogP contribution in [0.4, 0.5) is 0 Å². The Morgan fingerprint density at radius 1 is 1.16 bits per heavy atom. The molecule has 1 aliphatic heterocycles. The zero-order chi connectivity index (χ0) is 14.5. The number of carbonyl (C=O) groups excluding carboxylic acids is 1. The number of hydrogen-bond donors (Lipinski definition) is 1. The van der Waals surface area contributed by atoms with Crippen LogP contribution < -0.4 is 5.73 Å². The van der Waals surface area contributed by atoms with Gasteiger partial charge in [-0.05, 0) is 19.4 Å². The largest absolute Gasteiger partial charge is 0.340 e. The summed E-state index contributed by atoms with van der Waals surface area (Å²) < 4.78 is 26.4. The van der Waals surface area contributed by atoms with Gasteiger partial charge in [-0.25, -0.2) is 0 Å². The molecule has 0 radical (unpaired) electrons. The molecule has 1 heterocycles. The van der Waals surface area contributed by atoms with E-state index >= 15 is 0 Å². The number of nitrogens with zero attached hydrogens (tertiary/aromatic N) is 3. The van der Waals surface area contributed by atoms with E-state index in [4.69, 9.17) is 5.73 Å². The second-order valence-electron chi connectivity index (χ2n) is 4.82. The summed E-state index contributed by atoms with van der Waals surface area (Å²) in [5.74, 6) is 0.0929. The van der Waals surface area contributed by atoms with E-state index in [1.807, 2.05) is 0 Å². The molecule has 1 aliphatic rings. The molecule has 1 saturated heterocycles. The van der Waals surface area contributed by atoms with Gasteiger partial charge in [-0.15, -0.1) is 0 Å². The van der Waals surface area contributed by atoms with Crippen LogP contribution in [0.15, 0.2) is 0 Å². The molecule has 2 N–H and O–H groups in total. The molecule has 0 aromatic heterocycles. The van der Waals surface area contributed by atoms with Crippen LogP contribution in [0.5, 0.6) is 0 Å². The third-order valence-corrected chi connectivity index (χ3v) is 5.16. The summed E-state index contributed by atoms with van der Waals surface area (Å²) in [6.45, 7) is 2.26. The van der Waals surface area contributed by atoms with Crippen LogP contribution in [0.25, 0.3) is 0 Å². The topological polar surface area (TPSA) is 87.0 Å². The summed E-state index contributed by atoms with van der Waals surface area (Å²) in [5.41, 5.74) is 5.38. The van der Waals surface area contributed by atoms with Gasteiger partial charge in [0, 0.05) is 46.7 Å². The highest BCUT2D eigenvalue weighted by atomic mass is 32.2. The van der Waals surface area contributed by atoms with Gasteiger partial charge >= 0.3 is 0 Å². The van der Waals surface area contributed by atoms with Gasteiger partial charge in [0.25, 0.3) is 10.2 Å². The third-order valence-electron chi connectivity index (χ3n) is 3.22. The Morgan fingerprint density at radius 2 is 1.74 bits per heavy atom. The number of amides is 1. The molecule has 0 unspecified atom stereocenters. The standard InChI is InChI=1S/C11H24N4O3S/c1-13(2)19(17,18)15-9-7-14(8-10-15)11(16)5-3-4-6-12/h3-10,12H2,1-2H3. The number of nitrogens with two attached hydrogens (primary N) is 1. The van der Waals surface area contributed by atoms with Gasteiger partial charge in [-0.3, -0.25) is 4.79 Å². The molecule has 0 atom stereocenters. The van der Waals surface area contributed by atoms with Crippen molar-refractivity contribution in [3.05, 3.63) is 0 Å². The zero-order valence-corrected chi connectivity index (χ0v) is 12.5. The first-order chi connectivity index (χ1) is 8.89. The fraction of sp³-hybridized carbons (Fsp3) is 0.909. The van der Waals surface area contributed by atoms with Gasteiger partial charge in [-0.1, -0.05) is 0 Å². The van der Waals surface area contributed by atoms with E-state index in [1.165, 1.54) is 22.7 Å². The van der Waals surface area contributed by atoms with Crippen molar-refractivity contribution in [3.8, 4) is 0 Å². The number of carbonyl (C=O) groups is 1. The highest BCUT2D eigenvalue weighted by molar-refractivity contribution is 7.86. The molecule has 0 saturated carbocycles. The number of piperazine rings is 1. The normalized spacial score (nSPS) is 18.0. The lowest BCUT2D eigenvalue weighted by Gasteiger charge is -2.35. The van der Waals surface area contributed by atoms with Gasteiger partial charge in [0.05, 0.1) is 0 Å². The van der Waals surface area contributed by atoms with Gasteiger partial charge in [0.15, 0.2) is 0 Å². The molecule has 0 aromatic carbocycles. The van der Waals surface area contributed by atoms with E-state index in [0.29, 0.717) is 39.1 Å². The summed E-state index contributed by atoms with van der Waals surface area (Å²) in [7, 11) is -0.331. The Morgan fingerprint density at radius 3 is 2.21 bits per heavy atom. The van der Waals surface area contributed by atoms with Crippen LogP contribution in [-0.4, -0.2) is 74.7 Å². The van der Waals surface area contributed by atoms with Crippen molar-refractivity contribution in [1.29, 1.82) is 0 Å². The number of unbranched alkanes of at least 4 members (excludes halogenated alkanes) is 1. The zero-order valence-electron chi connectivity index (χ0n) is 11.7. The van der Waals surface area contributed by atoms with Gasteiger partial charge in [0.1, 0.15) is 0 Å². The predicted octanol–water partition coefficient (Wildman–Crippen LogP) is -0.934. The van der Waals surface area contributed by atoms with E-state index in [1.54, 1.807) is 4.90 Å². The molecule has 112 valence electrons. The average Bonchev–Trinajstić information content (AvgIpc) is 2.39. The Labute approximate surface area is 115 Å². The second-order valence-corrected chi connectivity index (χ2v) is 6.96. The van der Waals surface area contributed by atoms with Crippen molar-refractivity contribution in [2.24, 2.45) is 5.73 Å². The van der Waals surface area contributed by atoms with Gasteiger partial charge in [-0.2, -0.15) is 17.0 Å². The first kappa shape index (κ1) is 16.4. The number of rotatable bonds is 6. The molecule has 0 aromatic rings. The highest BCUT2D eigenvalue weighted by Crippen LogP contribution is 2.11. The molecule has 0 spiro atoms. The second kappa shape index (κ2) is 7.18. The molecule has 1 rings (SSSR count). The van der Waals surface area contributed by atoms with Crippen LogP contribution in [0, 0.1) is 0 Å². The molecule has 19 heavy (non-hydrogen) atoms. The monoisotopic (exact) mass is 292 g/mol. The lowest BCUT2D eigenvalue weighted by atomic mass is 10.2.